The molecule has 1 spiro atoms. The maximum absolute atomic E-state index is 13.4. The van der Waals surface area contributed by atoms with Crippen LogP contribution >= 0.6 is 0 Å². The number of amides is 2. The third-order valence-corrected chi connectivity index (χ3v) is 5.64. The van der Waals surface area contributed by atoms with Crippen LogP contribution in [0.5, 0.6) is 0 Å². The number of likely N-dealkylation sites (N-methyl/N-ethyl adjacent to an activating group) is 1. The number of hydrogen-bond donors (Lipinski definition) is 1. The van der Waals surface area contributed by atoms with E-state index in [4.69, 9.17) is 0 Å². The Morgan fingerprint density at radius 2 is 1.85 bits per heavy atom. The first-order valence-electron chi connectivity index (χ1n) is 9.01. The van der Waals surface area contributed by atoms with E-state index in [2.05, 4.69) is 5.32 Å². The van der Waals surface area contributed by atoms with Gasteiger partial charge in [0.05, 0.1) is 6.04 Å². The Morgan fingerprint density at radius 1 is 1.23 bits per heavy atom. The second-order valence-corrected chi connectivity index (χ2v) is 7.54. The molecule has 3 rings (SSSR count). The van der Waals surface area contributed by atoms with Gasteiger partial charge in [-0.25, -0.2) is 8.78 Å². The SMILES string of the molecule is CN[C@@H](C)C(=O)N1CCC2(CC1)CC(=O)N(Cc1cc(F)cc(F)c1)C2. The molecule has 5 nitrogen and oxygen atoms in total. The molecular weight excluding hydrogens is 340 g/mol. The van der Waals surface area contributed by atoms with Crippen LogP contribution in [0, 0.1) is 17.0 Å². The van der Waals surface area contributed by atoms with Gasteiger partial charge in [-0.05, 0) is 44.5 Å². The summed E-state index contributed by atoms with van der Waals surface area (Å²) in [6.45, 7) is 3.91. The van der Waals surface area contributed by atoms with Gasteiger partial charge in [0.15, 0.2) is 0 Å². The summed E-state index contributed by atoms with van der Waals surface area (Å²) in [7, 11) is 1.76. The molecule has 1 aromatic rings. The average Bonchev–Trinajstić information content (AvgIpc) is 2.88. The van der Waals surface area contributed by atoms with Gasteiger partial charge < -0.3 is 15.1 Å². The molecule has 142 valence electrons. The monoisotopic (exact) mass is 365 g/mol. The van der Waals surface area contributed by atoms with Crippen molar-refractivity contribution >= 4 is 11.8 Å². The highest BCUT2D eigenvalue weighted by Crippen LogP contribution is 2.41. The Morgan fingerprint density at radius 3 is 2.42 bits per heavy atom. The molecular formula is C19H25F2N3O2. The molecule has 0 aromatic heterocycles. The van der Waals surface area contributed by atoms with Gasteiger partial charge in [-0.3, -0.25) is 9.59 Å². The lowest BCUT2D eigenvalue weighted by Crippen LogP contribution is -2.49. The molecule has 2 aliphatic heterocycles. The Balaban J connectivity index is 1.62. The highest BCUT2D eigenvalue weighted by Gasteiger charge is 2.45. The fraction of sp³-hybridized carbons (Fsp3) is 0.579. The van der Waals surface area contributed by atoms with Gasteiger partial charge in [-0.15, -0.1) is 0 Å². The summed E-state index contributed by atoms with van der Waals surface area (Å²) in [4.78, 5) is 28.3. The molecule has 0 bridgehead atoms. The third-order valence-electron chi connectivity index (χ3n) is 5.64. The minimum atomic E-state index is -0.633. The Kier molecular flexibility index (Phi) is 5.27. The molecule has 26 heavy (non-hydrogen) atoms. The van der Waals surface area contributed by atoms with Gasteiger partial charge in [-0.2, -0.15) is 0 Å². The van der Waals surface area contributed by atoms with Gasteiger partial charge in [0.25, 0.3) is 0 Å². The highest BCUT2D eigenvalue weighted by molar-refractivity contribution is 5.82. The van der Waals surface area contributed by atoms with Gasteiger partial charge in [0.2, 0.25) is 11.8 Å². The first-order chi connectivity index (χ1) is 12.3. The number of likely N-dealkylation sites (tertiary alicyclic amines) is 2. The van der Waals surface area contributed by atoms with Crippen LogP contribution in [0.4, 0.5) is 8.78 Å². The van der Waals surface area contributed by atoms with Crippen molar-refractivity contribution in [1.82, 2.24) is 15.1 Å². The summed E-state index contributed by atoms with van der Waals surface area (Å²) in [5.74, 6) is -1.17. The van der Waals surface area contributed by atoms with Gasteiger partial charge in [0, 0.05) is 44.1 Å². The fourth-order valence-electron chi connectivity index (χ4n) is 3.98. The van der Waals surface area contributed by atoms with E-state index in [0.29, 0.717) is 31.6 Å². The van der Waals surface area contributed by atoms with Crippen molar-refractivity contribution in [2.75, 3.05) is 26.7 Å². The number of hydrogen-bond acceptors (Lipinski definition) is 3. The maximum atomic E-state index is 13.4. The quantitative estimate of drug-likeness (QED) is 0.887. The Bertz CT molecular complexity index is 682. The molecule has 1 N–H and O–H groups in total. The molecule has 2 amide bonds. The molecule has 0 aliphatic carbocycles. The second-order valence-electron chi connectivity index (χ2n) is 7.54. The second kappa shape index (κ2) is 7.31. The van der Waals surface area contributed by atoms with Gasteiger partial charge in [-0.1, -0.05) is 0 Å². The summed E-state index contributed by atoms with van der Waals surface area (Å²) >= 11 is 0. The number of carbonyl (C=O) groups is 2. The van der Waals surface area contributed by atoms with Crippen LogP contribution in [0.2, 0.25) is 0 Å². The predicted octanol–water partition coefficient (Wildman–Crippen LogP) is 1.91. The summed E-state index contributed by atoms with van der Waals surface area (Å²) in [6, 6.07) is 3.15. The van der Waals surface area contributed by atoms with Gasteiger partial charge in [0.1, 0.15) is 11.6 Å². The van der Waals surface area contributed by atoms with Crippen LogP contribution in [0.1, 0.15) is 31.7 Å². The first kappa shape index (κ1) is 18.8. The summed E-state index contributed by atoms with van der Waals surface area (Å²) in [5.41, 5.74) is 0.325. The third kappa shape index (κ3) is 3.87. The van der Waals surface area contributed by atoms with Crippen molar-refractivity contribution in [3.8, 4) is 0 Å². The summed E-state index contributed by atoms with van der Waals surface area (Å²) < 4.78 is 26.7. The standard InChI is InChI=1S/C19H25F2N3O2/c1-13(22-2)18(26)23-5-3-19(4-6-23)10-17(25)24(12-19)11-14-7-15(20)9-16(21)8-14/h7-9,13,22H,3-6,10-12H2,1-2H3/t13-/m0/s1. The fourth-order valence-corrected chi connectivity index (χ4v) is 3.98. The maximum Gasteiger partial charge on any atom is 0.239 e. The number of nitrogens with one attached hydrogen (secondary N) is 1. The van der Waals surface area contributed by atoms with Crippen LogP contribution in [-0.4, -0.2) is 54.3 Å². The molecule has 7 heteroatoms. The van der Waals surface area contributed by atoms with E-state index in [1.54, 1.807) is 11.9 Å². The molecule has 0 unspecified atom stereocenters. The van der Waals surface area contributed by atoms with Crippen molar-refractivity contribution in [2.45, 2.75) is 38.8 Å². The number of nitrogens with zero attached hydrogens (tertiary/aromatic N) is 2. The van der Waals surface area contributed by atoms with E-state index >= 15 is 0 Å². The molecule has 1 atom stereocenters. The largest absolute Gasteiger partial charge is 0.341 e. The van der Waals surface area contributed by atoms with E-state index in [0.717, 1.165) is 18.9 Å². The van der Waals surface area contributed by atoms with E-state index in [1.807, 2.05) is 11.8 Å². The van der Waals surface area contributed by atoms with Crippen LogP contribution < -0.4 is 5.32 Å². The van der Waals surface area contributed by atoms with Crippen molar-refractivity contribution in [1.29, 1.82) is 0 Å². The first-order valence-corrected chi connectivity index (χ1v) is 9.01. The van der Waals surface area contributed by atoms with Crippen molar-refractivity contribution in [3.63, 3.8) is 0 Å². The summed E-state index contributed by atoms with van der Waals surface area (Å²) in [6.07, 6.45) is 1.98. The minimum Gasteiger partial charge on any atom is -0.341 e. The van der Waals surface area contributed by atoms with Crippen molar-refractivity contribution in [2.24, 2.45) is 5.41 Å². The highest BCUT2D eigenvalue weighted by atomic mass is 19.1. The van der Waals surface area contributed by atoms with E-state index in [-0.39, 0.29) is 29.8 Å². The Hall–Kier alpha value is -2.02. The van der Waals surface area contributed by atoms with Crippen molar-refractivity contribution in [3.05, 3.63) is 35.4 Å². The van der Waals surface area contributed by atoms with Crippen LogP contribution in [-0.2, 0) is 16.1 Å². The smallest absolute Gasteiger partial charge is 0.239 e. The average molecular weight is 365 g/mol. The molecule has 2 fully saturated rings. The van der Waals surface area contributed by atoms with Crippen LogP contribution in [0.3, 0.4) is 0 Å². The predicted molar refractivity (Wildman–Crippen MR) is 93.2 cm³/mol. The van der Waals surface area contributed by atoms with Crippen molar-refractivity contribution < 1.29 is 18.4 Å². The molecule has 2 saturated heterocycles. The zero-order valence-electron chi connectivity index (χ0n) is 15.2. The molecule has 1 aromatic carbocycles. The van der Waals surface area contributed by atoms with Crippen LogP contribution in [0.15, 0.2) is 18.2 Å². The normalized spacial score (nSPS) is 20.7. The topological polar surface area (TPSA) is 52.7 Å². The number of benzene rings is 1. The van der Waals surface area contributed by atoms with Crippen LogP contribution in [0.25, 0.3) is 0 Å². The number of piperidine rings is 1. The lowest BCUT2D eigenvalue weighted by atomic mass is 9.77. The molecule has 0 saturated carbocycles. The lowest BCUT2D eigenvalue weighted by molar-refractivity contribution is -0.135. The number of halogens is 2. The summed E-state index contributed by atoms with van der Waals surface area (Å²) in [5, 5.41) is 2.96. The zero-order valence-corrected chi connectivity index (χ0v) is 15.2. The molecule has 2 aliphatic rings. The van der Waals surface area contributed by atoms with Gasteiger partial charge >= 0.3 is 0 Å². The Labute approximate surface area is 152 Å². The molecule has 0 radical (unpaired) electrons. The lowest BCUT2D eigenvalue weighted by Gasteiger charge is -2.39. The minimum absolute atomic E-state index is 0.0121. The molecule has 2 heterocycles. The van der Waals surface area contributed by atoms with E-state index < -0.39 is 11.6 Å². The number of carbonyl (C=O) groups excluding carboxylic acids is 2. The van der Waals surface area contributed by atoms with E-state index in [9.17, 15) is 18.4 Å². The number of rotatable bonds is 4. The zero-order chi connectivity index (χ0) is 18.9. The van der Waals surface area contributed by atoms with E-state index in [1.165, 1.54) is 12.1 Å².